The standard InChI is InChI=1S/C23H24N4O2/c28-22(18-16-24-23(25-17-18)27-14-6-1-2-7-15-27)26-19-10-12-21(13-11-19)29-20-8-4-3-5-9-20/h3-5,8-13,16-17H,1-2,6-7,14-15H2,(H,26,28). The van der Waals surface area contributed by atoms with Gasteiger partial charge in [0.25, 0.3) is 5.91 Å². The van der Waals surface area contributed by atoms with Gasteiger partial charge in [0.05, 0.1) is 5.56 Å². The van der Waals surface area contributed by atoms with Crippen LogP contribution < -0.4 is 15.0 Å². The molecule has 29 heavy (non-hydrogen) atoms. The molecule has 0 atom stereocenters. The fourth-order valence-corrected chi connectivity index (χ4v) is 3.31. The summed E-state index contributed by atoms with van der Waals surface area (Å²) in [5, 5.41) is 2.87. The van der Waals surface area contributed by atoms with Crippen LogP contribution in [0.1, 0.15) is 36.0 Å². The number of benzene rings is 2. The zero-order valence-electron chi connectivity index (χ0n) is 16.3. The quantitative estimate of drug-likeness (QED) is 0.673. The van der Waals surface area contributed by atoms with Crippen molar-refractivity contribution in [3.05, 3.63) is 72.6 Å². The molecule has 0 unspecified atom stereocenters. The Kier molecular flexibility index (Phi) is 6.00. The number of rotatable bonds is 5. The number of nitrogens with zero attached hydrogens (tertiary/aromatic N) is 3. The van der Waals surface area contributed by atoms with E-state index in [-0.39, 0.29) is 5.91 Å². The van der Waals surface area contributed by atoms with Crippen LogP contribution in [0.4, 0.5) is 11.6 Å². The van der Waals surface area contributed by atoms with Gasteiger partial charge in [0.1, 0.15) is 11.5 Å². The number of para-hydroxylation sites is 1. The summed E-state index contributed by atoms with van der Waals surface area (Å²) < 4.78 is 5.77. The topological polar surface area (TPSA) is 67.3 Å². The lowest BCUT2D eigenvalue weighted by molar-refractivity contribution is 0.102. The van der Waals surface area contributed by atoms with Crippen molar-refractivity contribution >= 4 is 17.5 Å². The van der Waals surface area contributed by atoms with Crippen LogP contribution in [0.5, 0.6) is 11.5 Å². The molecule has 6 nitrogen and oxygen atoms in total. The van der Waals surface area contributed by atoms with Crippen LogP contribution in [-0.4, -0.2) is 29.0 Å². The number of aromatic nitrogens is 2. The van der Waals surface area contributed by atoms with Crippen molar-refractivity contribution in [1.29, 1.82) is 0 Å². The molecule has 0 saturated carbocycles. The van der Waals surface area contributed by atoms with Gasteiger partial charge in [0, 0.05) is 31.2 Å². The van der Waals surface area contributed by atoms with Crippen LogP contribution in [0.25, 0.3) is 0 Å². The summed E-state index contributed by atoms with van der Waals surface area (Å²) >= 11 is 0. The highest BCUT2D eigenvalue weighted by molar-refractivity contribution is 6.03. The van der Waals surface area contributed by atoms with Crippen LogP contribution in [0, 0.1) is 0 Å². The molecule has 0 aliphatic carbocycles. The van der Waals surface area contributed by atoms with E-state index < -0.39 is 0 Å². The number of carbonyl (C=O) groups is 1. The highest BCUT2D eigenvalue weighted by Gasteiger charge is 2.14. The molecule has 1 fully saturated rings. The number of nitrogens with one attached hydrogen (secondary N) is 1. The lowest BCUT2D eigenvalue weighted by Crippen LogP contribution is -2.26. The second-order valence-corrected chi connectivity index (χ2v) is 7.07. The van der Waals surface area contributed by atoms with Gasteiger partial charge in [-0.25, -0.2) is 9.97 Å². The first-order chi connectivity index (χ1) is 14.3. The van der Waals surface area contributed by atoms with Crippen molar-refractivity contribution in [2.24, 2.45) is 0 Å². The van der Waals surface area contributed by atoms with Crippen LogP contribution in [0.15, 0.2) is 67.0 Å². The van der Waals surface area contributed by atoms with Gasteiger partial charge in [0.2, 0.25) is 5.95 Å². The molecule has 1 N–H and O–H groups in total. The van der Waals surface area contributed by atoms with Crippen LogP contribution in [-0.2, 0) is 0 Å². The zero-order chi connectivity index (χ0) is 19.9. The van der Waals surface area contributed by atoms with Gasteiger partial charge >= 0.3 is 0 Å². The predicted octanol–water partition coefficient (Wildman–Crippen LogP) is 4.90. The Balaban J connectivity index is 1.36. The smallest absolute Gasteiger partial charge is 0.258 e. The van der Waals surface area contributed by atoms with Crippen LogP contribution >= 0.6 is 0 Å². The zero-order valence-corrected chi connectivity index (χ0v) is 16.3. The van der Waals surface area contributed by atoms with E-state index in [0.717, 1.165) is 31.7 Å². The van der Waals surface area contributed by atoms with Gasteiger partial charge < -0.3 is 15.0 Å². The van der Waals surface area contributed by atoms with E-state index in [1.165, 1.54) is 12.8 Å². The molecule has 0 bridgehead atoms. The molecule has 4 rings (SSSR count). The number of ether oxygens (including phenoxy) is 1. The Bertz CT molecular complexity index is 919. The summed E-state index contributed by atoms with van der Waals surface area (Å²) in [6, 6.07) is 16.8. The van der Waals surface area contributed by atoms with Crippen molar-refractivity contribution in [2.45, 2.75) is 25.7 Å². The molecule has 6 heteroatoms. The molecule has 1 aromatic heterocycles. The monoisotopic (exact) mass is 388 g/mol. The minimum Gasteiger partial charge on any atom is -0.457 e. The molecule has 3 aromatic rings. The second-order valence-electron chi connectivity index (χ2n) is 7.07. The third-order valence-electron chi connectivity index (χ3n) is 4.88. The van der Waals surface area contributed by atoms with E-state index in [4.69, 9.17) is 4.74 Å². The van der Waals surface area contributed by atoms with E-state index in [1.807, 2.05) is 54.6 Å². The van der Waals surface area contributed by atoms with E-state index in [2.05, 4.69) is 20.2 Å². The second kappa shape index (κ2) is 9.19. The summed E-state index contributed by atoms with van der Waals surface area (Å²) in [5.41, 5.74) is 1.13. The van der Waals surface area contributed by atoms with E-state index >= 15 is 0 Å². The molecule has 1 aliphatic heterocycles. The Morgan fingerprint density at radius 2 is 1.45 bits per heavy atom. The maximum atomic E-state index is 12.5. The Hall–Kier alpha value is -3.41. The fourth-order valence-electron chi connectivity index (χ4n) is 3.31. The van der Waals surface area contributed by atoms with Crippen molar-refractivity contribution in [2.75, 3.05) is 23.3 Å². The van der Waals surface area contributed by atoms with Gasteiger partial charge in [-0.1, -0.05) is 31.0 Å². The fraction of sp³-hybridized carbons (Fsp3) is 0.261. The van der Waals surface area contributed by atoms with E-state index in [9.17, 15) is 4.79 Å². The third-order valence-corrected chi connectivity index (χ3v) is 4.88. The Morgan fingerprint density at radius 3 is 2.10 bits per heavy atom. The summed E-state index contributed by atoms with van der Waals surface area (Å²) in [7, 11) is 0. The summed E-state index contributed by atoms with van der Waals surface area (Å²) in [4.78, 5) is 23.5. The normalized spacial score (nSPS) is 14.1. The summed E-state index contributed by atoms with van der Waals surface area (Å²) in [5.74, 6) is 1.94. The molecule has 0 spiro atoms. The lowest BCUT2D eigenvalue weighted by Gasteiger charge is -2.19. The average Bonchev–Trinajstić information content (AvgIpc) is 3.06. The molecular weight excluding hydrogens is 364 g/mol. The Labute approximate surface area is 170 Å². The largest absolute Gasteiger partial charge is 0.457 e. The maximum Gasteiger partial charge on any atom is 0.258 e. The van der Waals surface area contributed by atoms with Gasteiger partial charge in [-0.15, -0.1) is 0 Å². The Morgan fingerprint density at radius 1 is 0.828 bits per heavy atom. The number of hydrogen-bond acceptors (Lipinski definition) is 5. The van der Waals surface area contributed by atoms with Gasteiger partial charge in [-0.2, -0.15) is 0 Å². The van der Waals surface area contributed by atoms with Crippen molar-refractivity contribution < 1.29 is 9.53 Å². The minimum atomic E-state index is -0.232. The maximum absolute atomic E-state index is 12.5. The summed E-state index contributed by atoms with van der Waals surface area (Å²) in [6.45, 7) is 1.95. The molecule has 1 amide bonds. The number of hydrogen-bond donors (Lipinski definition) is 1. The SMILES string of the molecule is O=C(Nc1ccc(Oc2ccccc2)cc1)c1cnc(N2CCCCCC2)nc1. The van der Waals surface area contributed by atoms with Gasteiger partial charge in [0.15, 0.2) is 0 Å². The first kappa shape index (κ1) is 18.9. The van der Waals surface area contributed by atoms with Crippen LogP contribution in [0.2, 0.25) is 0 Å². The average molecular weight is 388 g/mol. The molecule has 1 saturated heterocycles. The van der Waals surface area contributed by atoms with Crippen LogP contribution in [0.3, 0.4) is 0 Å². The van der Waals surface area contributed by atoms with Crippen molar-refractivity contribution in [1.82, 2.24) is 9.97 Å². The number of amides is 1. The van der Waals surface area contributed by atoms with Gasteiger partial charge in [-0.3, -0.25) is 4.79 Å². The van der Waals surface area contributed by atoms with Crippen molar-refractivity contribution in [3.63, 3.8) is 0 Å². The number of anilines is 2. The van der Waals surface area contributed by atoms with Gasteiger partial charge in [-0.05, 0) is 49.2 Å². The van der Waals surface area contributed by atoms with E-state index in [1.54, 1.807) is 12.4 Å². The molecule has 0 radical (unpaired) electrons. The van der Waals surface area contributed by atoms with Crippen molar-refractivity contribution in [3.8, 4) is 11.5 Å². The molecular formula is C23H24N4O2. The molecule has 2 aromatic carbocycles. The first-order valence-corrected chi connectivity index (χ1v) is 9.99. The van der Waals surface area contributed by atoms with E-state index in [0.29, 0.717) is 22.9 Å². The lowest BCUT2D eigenvalue weighted by atomic mass is 10.2. The molecule has 148 valence electrons. The number of carbonyl (C=O) groups excluding carboxylic acids is 1. The highest BCUT2D eigenvalue weighted by atomic mass is 16.5. The minimum absolute atomic E-state index is 0.232. The molecule has 2 heterocycles. The highest BCUT2D eigenvalue weighted by Crippen LogP contribution is 2.23. The predicted molar refractivity (Wildman–Crippen MR) is 114 cm³/mol. The molecule has 1 aliphatic rings. The first-order valence-electron chi connectivity index (χ1n) is 9.99. The third kappa shape index (κ3) is 5.10. The summed E-state index contributed by atoms with van der Waals surface area (Å²) in [6.07, 6.45) is 8.02.